The Morgan fingerprint density at radius 1 is 1.38 bits per heavy atom. The summed E-state index contributed by atoms with van der Waals surface area (Å²) in [6, 6.07) is 9.92. The highest BCUT2D eigenvalue weighted by molar-refractivity contribution is 5.32. The fraction of sp³-hybridized carbons (Fsp3) is 0.500. The fourth-order valence-corrected chi connectivity index (χ4v) is 1.62. The van der Waals surface area contributed by atoms with Gasteiger partial charge in [0.15, 0.2) is 0 Å². The molecule has 0 saturated heterocycles. The third-order valence-corrected chi connectivity index (χ3v) is 2.52. The van der Waals surface area contributed by atoms with Gasteiger partial charge in [0.25, 0.3) is 0 Å². The number of nitriles is 1. The van der Waals surface area contributed by atoms with E-state index in [9.17, 15) is 0 Å². The quantitative estimate of drug-likeness (QED) is 0.742. The zero-order valence-corrected chi connectivity index (χ0v) is 10.2. The molecule has 0 spiro atoms. The van der Waals surface area contributed by atoms with Gasteiger partial charge in [0.2, 0.25) is 0 Å². The maximum absolute atomic E-state index is 8.76. The van der Waals surface area contributed by atoms with Crippen molar-refractivity contribution in [1.29, 1.82) is 5.26 Å². The summed E-state index contributed by atoms with van der Waals surface area (Å²) in [6.07, 6.45) is 2.49. The summed E-state index contributed by atoms with van der Waals surface area (Å²) in [7, 11) is 0. The Morgan fingerprint density at radius 2 is 2.19 bits per heavy atom. The highest BCUT2D eigenvalue weighted by atomic mass is 14.8. The standard InChI is InChI=1S/C14H20N2/c1-12(2)5-4-8-16-11-14-7-3-6-13(9-14)10-15/h3,6-7,9,12,16H,4-5,8,11H2,1-2H3. The van der Waals surface area contributed by atoms with Crippen molar-refractivity contribution >= 4 is 0 Å². The molecule has 0 bridgehead atoms. The Morgan fingerprint density at radius 3 is 2.88 bits per heavy atom. The van der Waals surface area contributed by atoms with E-state index in [-0.39, 0.29) is 0 Å². The van der Waals surface area contributed by atoms with E-state index in [2.05, 4.69) is 31.3 Å². The number of benzene rings is 1. The first-order valence-electron chi connectivity index (χ1n) is 5.92. The summed E-state index contributed by atoms with van der Waals surface area (Å²) >= 11 is 0. The molecule has 0 amide bonds. The number of rotatable bonds is 6. The Bertz CT molecular complexity index is 350. The molecule has 0 aliphatic heterocycles. The highest BCUT2D eigenvalue weighted by Crippen LogP contribution is 2.05. The van der Waals surface area contributed by atoms with Gasteiger partial charge < -0.3 is 5.32 Å². The molecule has 16 heavy (non-hydrogen) atoms. The van der Waals surface area contributed by atoms with Crippen LogP contribution in [-0.4, -0.2) is 6.54 Å². The maximum Gasteiger partial charge on any atom is 0.0991 e. The summed E-state index contributed by atoms with van der Waals surface area (Å²) in [5.41, 5.74) is 1.92. The van der Waals surface area contributed by atoms with Crippen LogP contribution in [0.1, 0.15) is 37.8 Å². The average molecular weight is 216 g/mol. The molecule has 0 fully saturated rings. The van der Waals surface area contributed by atoms with Gasteiger partial charge >= 0.3 is 0 Å². The van der Waals surface area contributed by atoms with Gasteiger partial charge in [-0.05, 0) is 43.0 Å². The predicted octanol–water partition coefficient (Wildman–Crippen LogP) is 3.08. The van der Waals surface area contributed by atoms with Crippen molar-refractivity contribution in [3.8, 4) is 6.07 Å². The van der Waals surface area contributed by atoms with Crippen LogP contribution in [0.2, 0.25) is 0 Å². The van der Waals surface area contributed by atoms with Crippen molar-refractivity contribution in [2.24, 2.45) is 5.92 Å². The molecule has 1 N–H and O–H groups in total. The van der Waals surface area contributed by atoms with E-state index in [0.29, 0.717) is 0 Å². The largest absolute Gasteiger partial charge is 0.313 e. The maximum atomic E-state index is 8.76. The smallest absolute Gasteiger partial charge is 0.0991 e. The van der Waals surface area contributed by atoms with Crippen LogP contribution in [0.25, 0.3) is 0 Å². The second kappa shape index (κ2) is 7.03. The molecule has 0 heterocycles. The first-order valence-corrected chi connectivity index (χ1v) is 5.92. The fourth-order valence-electron chi connectivity index (χ4n) is 1.62. The molecule has 0 unspecified atom stereocenters. The van der Waals surface area contributed by atoms with E-state index in [0.717, 1.165) is 24.6 Å². The van der Waals surface area contributed by atoms with Crippen LogP contribution in [0.15, 0.2) is 24.3 Å². The Labute approximate surface area is 98.3 Å². The molecule has 2 nitrogen and oxygen atoms in total. The van der Waals surface area contributed by atoms with Gasteiger partial charge in [0.1, 0.15) is 0 Å². The molecule has 0 aromatic heterocycles. The number of nitrogens with one attached hydrogen (secondary N) is 1. The lowest BCUT2D eigenvalue weighted by atomic mass is 10.1. The van der Waals surface area contributed by atoms with E-state index >= 15 is 0 Å². The zero-order valence-electron chi connectivity index (χ0n) is 10.2. The second-order valence-electron chi connectivity index (χ2n) is 4.53. The molecule has 2 heteroatoms. The summed E-state index contributed by atoms with van der Waals surface area (Å²) < 4.78 is 0. The Balaban J connectivity index is 2.24. The van der Waals surface area contributed by atoms with E-state index in [1.807, 2.05) is 18.2 Å². The van der Waals surface area contributed by atoms with Gasteiger partial charge in [0, 0.05) is 6.54 Å². The van der Waals surface area contributed by atoms with E-state index in [1.165, 1.54) is 18.4 Å². The first kappa shape index (κ1) is 12.7. The van der Waals surface area contributed by atoms with Crippen molar-refractivity contribution < 1.29 is 0 Å². The Hall–Kier alpha value is -1.33. The summed E-state index contributed by atoms with van der Waals surface area (Å²) in [5.74, 6) is 0.781. The summed E-state index contributed by atoms with van der Waals surface area (Å²) in [6.45, 7) is 6.40. The van der Waals surface area contributed by atoms with Crippen LogP contribution in [0, 0.1) is 17.2 Å². The monoisotopic (exact) mass is 216 g/mol. The van der Waals surface area contributed by atoms with Gasteiger partial charge in [-0.25, -0.2) is 0 Å². The van der Waals surface area contributed by atoms with E-state index < -0.39 is 0 Å². The van der Waals surface area contributed by atoms with Crippen LogP contribution in [0.4, 0.5) is 0 Å². The lowest BCUT2D eigenvalue weighted by Gasteiger charge is -2.06. The van der Waals surface area contributed by atoms with Crippen molar-refractivity contribution in [3.05, 3.63) is 35.4 Å². The molecule has 86 valence electrons. The zero-order chi connectivity index (χ0) is 11.8. The molecule has 0 radical (unpaired) electrons. The summed E-state index contributed by atoms with van der Waals surface area (Å²) in [4.78, 5) is 0. The van der Waals surface area contributed by atoms with Crippen molar-refractivity contribution in [1.82, 2.24) is 5.32 Å². The summed E-state index contributed by atoms with van der Waals surface area (Å²) in [5, 5.41) is 12.2. The number of hydrogen-bond acceptors (Lipinski definition) is 2. The van der Waals surface area contributed by atoms with Crippen molar-refractivity contribution in [2.45, 2.75) is 33.2 Å². The van der Waals surface area contributed by atoms with E-state index in [1.54, 1.807) is 0 Å². The molecule has 1 aromatic rings. The van der Waals surface area contributed by atoms with Crippen LogP contribution in [0.3, 0.4) is 0 Å². The van der Waals surface area contributed by atoms with Crippen LogP contribution >= 0.6 is 0 Å². The van der Waals surface area contributed by atoms with Gasteiger partial charge in [-0.15, -0.1) is 0 Å². The molecular formula is C14H20N2. The molecule has 1 aromatic carbocycles. The lowest BCUT2D eigenvalue weighted by Crippen LogP contribution is -2.15. The minimum absolute atomic E-state index is 0.737. The SMILES string of the molecule is CC(C)CCCNCc1cccc(C#N)c1. The first-order chi connectivity index (χ1) is 7.72. The topological polar surface area (TPSA) is 35.8 Å². The van der Waals surface area contributed by atoms with Crippen LogP contribution in [0.5, 0.6) is 0 Å². The molecule has 0 saturated carbocycles. The van der Waals surface area contributed by atoms with E-state index in [4.69, 9.17) is 5.26 Å². The van der Waals surface area contributed by atoms with Crippen molar-refractivity contribution in [2.75, 3.05) is 6.54 Å². The second-order valence-corrected chi connectivity index (χ2v) is 4.53. The minimum Gasteiger partial charge on any atom is -0.313 e. The third-order valence-electron chi connectivity index (χ3n) is 2.52. The lowest BCUT2D eigenvalue weighted by molar-refractivity contribution is 0.527. The molecular weight excluding hydrogens is 196 g/mol. The van der Waals surface area contributed by atoms with Crippen molar-refractivity contribution in [3.63, 3.8) is 0 Å². The Kier molecular flexibility index (Phi) is 5.60. The molecule has 0 aliphatic rings. The number of nitrogens with zero attached hydrogens (tertiary/aromatic N) is 1. The van der Waals surface area contributed by atoms with Gasteiger partial charge in [-0.1, -0.05) is 26.0 Å². The molecule has 0 atom stereocenters. The minimum atomic E-state index is 0.737. The average Bonchev–Trinajstić information content (AvgIpc) is 2.28. The normalized spacial score (nSPS) is 10.4. The van der Waals surface area contributed by atoms with Crippen LogP contribution < -0.4 is 5.32 Å². The van der Waals surface area contributed by atoms with Crippen LogP contribution in [-0.2, 0) is 6.54 Å². The molecule has 0 aliphatic carbocycles. The third kappa shape index (κ3) is 4.95. The number of hydrogen-bond donors (Lipinski definition) is 1. The van der Waals surface area contributed by atoms with Gasteiger partial charge in [0.05, 0.1) is 11.6 Å². The predicted molar refractivity (Wildman–Crippen MR) is 66.9 cm³/mol. The highest BCUT2D eigenvalue weighted by Gasteiger charge is 1.96. The van der Waals surface area contributed by atoms with Gasteiger partial charge in [-0.2, -0.15) is 5.26 Å². The molecule has 1 rings (SSSR count). The van der Waals surface area contributed by atoms with Gasteiger partial charge in [-0.3, -0.25) is 0 Å².